The van der Waals surface area contributed by atoms with E-state index >= 15 is 0 Å². The minimum atomic E-state index is -0.574. The van der Waals surface area contributed by atoms with Gasteiger partial charge in [-0.2, -0.15) is 11.8 Å². The SMILES string of the molecule is CCc1ccc(CSCC(N)C(N)=O)o1. The molecule has 4 N–H and O–H groups in total. The van der Waals surface area contributed by atoms with Crippen molar-refractivity contribution in [1.82, 2.24) is 0 Å². The summed E-state index contributed by atoms with van der Waals surface area (Å²) in [6, 6.07) is 3.33. The lowest BCUT2D eigenvalue weighted by atomic mass is 10.3. The summed E-state index contributed by atoms with van der Waals surface area (Å²) in [7, 11) is 0. The van der Waals surface area contributed by atoms with E-state index in [0.717, 1.165) is 23.7 Å². The summed E-state index contributed by atoms with van der Waals surface area (Å²) in [6.45, 7) is 2.04. The minimum absolute atomic E-state index is 0.462. The fourth-order valence-electron chi connectivity index (χ4n) is 1.06. The first kappa shape index (κ1) is 12.1. The second-order valence-electron chi connectivity index (χ2n) is 3.25. The number of carbonyl (C=O) groups is 1. The first-order valence-corrected chi connectivity index (χ1v) is 5.99. The van der Waals surface area contributed by atoms with Gasteiger partial charge in [-0.3, -0.25) is 4.79 Å². The third kappa shape index (κ3) is 3.97. The molecule has 0 saturated heterocycles. The zero-order chi connectivity index (χ0) is 11.3. The highest BCUT2D eigenvalue weighted by Crippen LogP contribution is 2.16. The summed E-state index contributed by atoms with van der Waals surface area (Å²) in [5, 5.41) is 0. The molecule has 0 aliphatic heterocycles. The van der Waals surface area contributed by atoms with E-state index in [2.05, 4.69) is 0 Å². The fourth-order valence-corrected chi connectivity index (χ4v) is 1.95. The number of carbonyl (C=O) groups excluding carboxylic acids is 1. The zero-order valence-corrected chi connectivity index (χ0v) is 9.55. The van der Waals surface area contributed by atoms with Crippen molar-refractivity contribution < 1.29 is 9.21 Å². The number of amides is 1. The van der Waals surface area contributed by atoms with Crippen LogP contribution >= 0.6 is 11.8 Å². The number of aryl methyl sites for hydroxylation is 1. The molecule has 0 aromatic carbocycles. The lowest BCUT2D eigenvalue weighted by molar-refractivity contribution is -0.118. The Bertz CT molecular complexity index is 325. The van der Waals surface area contributed by atoms with Gasteiger partial charge < -0.3 is 15.9 Å². The molecule has 0 radical (unpaired) electrons. The average Bonchev–Trinajstić information content (AvgIpc) is 2.65. The fraction of sp³-hybridized carbons (Fsp3) is 0.500. The Kier molecular flexibility index (Phi) is 4.71. The molecular weight excluding hydrogens is 212 g/mol. The second kappa shape index (κ2) is 5.82. The van der Waals surface area contributed by atoms with E-state index in [4.69, 9.17) is 15.9 Å². The highest BCUT2D eigenvalue weighted by molar-refractivity contribution is 7.98. The van der Waals surface area contributed by atoms with Gasteiger partial charge in [0.25, 0.3) is 0 Å². The summed E-state index contributed by atoms with van der Waals surface area (Å²) in [4.78, 5) is 10.7. The van der Waals surface area contributed by atoms with Gasteiger partial charge in [-0.1, -0.05) is 6.92 Å². The molecule has 1 aromatic rings. The van der Waals surface area contributed by atoms with Crippen molar-refractivity contribution in [2.45, 2.75) is 25.1 Å². The van der Waals surface area contributed by atoms with Crippen LogP contribution in [0.15, 0.2) is 16.5 Å². The lowest BCUT2D eigenvalue weighted by Crippen LogP contribution is -2.38. The molecule has 84 valence electrons. The van der Waals surface area contributed by atoms with Crippen LogP contribution in [-0.4, -0.2) is 17.7 Å². The molecule has 0 spiro atoms. The van der Waals surface area contributed by atoms with Gasteiger partial charge in [0.2, 0.25) is 5.91 Å². The topological polar surface area (TPSA) is 82.2 Å². The summed E-state index contributed by atoms with van der Waals surface area (Å²) in [5.74, 6) is 2.67. The van der Waals surface area contributed by atoms with Crippen LogP contribution < -0.4 is 11.5 Å². The van der Waals surface area contributed by atoms with Gasteiger partial charge in [0.1, 0.15) is 11.5 Å². The first-order valence-electron chi connectivity index (χ1n) is 4.83. The van der Waals surface area contributed by atoms with E-state index < -0.39 is 11.9 Å². The van der Waals surface area contributed by atoms with Crippen molar-refractivity contribution in [3.63, 3.8) is 0 Å². The van der Waals surface area contributed by atoms with Crippen molar-refractivity contribution in [2.75, 3.05) is 5.75 Å². The Morgan fingerprint density at radius 3 is 2.73 bits per heavy atom. The first-order chi connectivity index (χ1) is 7.13. The molecular formula is C10H16N2O2S. The largest absolute Gasteiger partial charge is 0.465 e. The van der Waals surface area contributed by atoms with Crippen LogP contribution in [0.5, 0.6) is 0 Å². The molecule has 1 rings (SSSR count). The van der Waals surface area contributed by atoms with Gasteiger partial charge in [0.05, 0.1) is 11.8 Å². The maximum Gasteiger partial charge on any atom is 0.235 e. The normalized spacial score (nSPS) is 12.7. The van der Waals surface area contributed by atoms with Crippen molar-refractivity contribution >= 4 is 17.7 Å². The summed E-state index contributed by atoms with van der Waals surface area (Å²) in [5.41, 5.74) is 10.5. The molecule has 0 aliphatic rings. The van der Waals surface area contributed by atoms with Crippen LogP contribution in [0.1, 0.15) is 18.4 Å². The highest BCUT2D eigenvalue weighted by atomic mass is 32.2. The maximum atomic E-state index is 10.7. The van der Waals surface area contributed by atoms with E-state index in [-0.39, 0.29) is 0 Å². The number of hydrogen-bond acceptors (Lipinski definition) is 4. The monoisotopic (exact) mass is 228 g/mol. The van der Waals surface area contributed by atoms with Gasteiger partial charge in [0.15, 0.2) is 0 Å². The molecule has 0 fully saturated rings. The molecule has 1 atom stereocenters. The van der Waals surface area contributed by atoms with E-state index in [1.54, 1.807) is 11.8 Å². The molecule has 1 amide bonds. The number of rotatable bonds is 6. The molecule has 0 saturated carbocycles. The Morgan fingerprint density at radius 2 is 2.20 bits per heavy atom. The van der Waals surface area contributed by atoms with Crippen LogP contribution in [0.25, 0.3) is 0 Å². The van der Waals surface area contributed by atoms with Gasteiger partial charge in [-0.05, 0) is 12.1 Å². The van der Waals surface area contributed by atoms with Crippen LogP contribution in [-0.2, 0) is 17.0 Å². The number of primary amides is 1. The Balaban J connectivity index is 2.28. The smallest absolute Gasteiger partial charge is 0.235 e. The number of thioether (sulfide) groups is 1. The van der Waals surface area contributed by atoms with Crippen LogP contribution in [0.3, 0.4) is 0 Å². The Labute approximate surface area is 93.4 Å². The van der Waals surface area contributed by atoms with E-state index in [1.807, 2.05) is 19.1 Å². The van der Waals surface area contributed by atoms with Crippen LogP contribution in [0.2, 0.25) is 0 Å². The molecule has 15 heavy (non-hydrogen) atoms. The second-order valence-corrected chi connectivity index (χ2v) is 4.28. The molecule has 5 heteroatoms. The predicted octanol–water partition coefficient (Wildman–Crippen LogP) is 0.888. The predicted molar refractivity (Wildman–Crippen MR) is 61.4 cm³/mol. The van der Waals surface area contributed by atoms with E-state index in [1.165, 1.54) is 0 Å². The van der Waals surface area contributed by atoms with Crippen LogP contribution in [0, 0.1) is 0 Å². The Hall–Kier alpha value is -0.940. The highest BCUT2D eigenvalue weighted by Gasteiger charge is 2.09. The standard InChI is InChI=1S/C10H16N2O2S/c1-2-7-3-4-8(14-7)5-15-6-9(11)10(12)13/h3-4,9H,2,5-6,11H2,1H3,(H2,12,13). The van der Waals surface area contributed by atoms with Crippen molar-refractivity contribution in [1.29, 1.82) is 0 Å². The number of nitrogens with two attached hydrogens (primary N) is 2. The summed E-state index contributed by atoms with van der Waals surface area (Å²) >= 11 is 1.55. The van der Waals surface area contributed by atoms with E-state index in [9.17, 15) is 4.79 Å². The van der Waals surface area contributed by atoms with Gasteiger partial charge in [-0.15, -0.1) is 0 Å². The number of hydrogen-bond donors (Lipinski definition) is 2. The zero-order valence-electron chi connectivity index (χ0n) is 8.73. The van der Waals surface area contributed by atoms with Gasteiger partial charge in [-0.25, -0.2) is 0 Å². The van der Waals surface area contributed by atoms with Crippen molar-refractivity contribution in [3.05, 3.63) is 23.7 Å². The molecule has 0 bridgehead atoms. The minimum Gasteiger partial charge on any atom is -0.465 e. The number of furan rings is 1. The van der Waals surface area contributed by atoms with E-state index in [0.29, 0.717) is 5.75 Å². The summed E-state index contributed by atoms with van der Waals surface area (Å²) in [6.07, 6.45) is 0.894. The Morgan fingerprint density at radius 1 is 1.53 bits per heavy atom. The summed E-state index contributed by atoms with van der Waals surface area (Å²) < 4.78 is 5.50. The van der Waals surface area contributed by atoms with Gasteiger partial charge in [0, 0.05) is 12.2 Å². The average molecular weight is 228 g/mol. The van der Waals surface area contributed by atoms with Gasteiger partial charge >= 0.3 is 0 Å². The molecule has 1 unspecified atom stereocenters. The van der Waals surface area contributed by atoms with Crippen molar-refractivity contribution in [2.24, 2.45) is 11.5 Å². The third-order valence-corrected chi connectivity index (χ3v) is 3.06. The van der Waals surface area contributed by atoms with Crippen molar-refractivity contribution in [3.8, 4) is 0 Å². The molecule has 1 aromatic heterocycles. The van der Waals surface area contributed by atoms with Crippen LogP contribution in [0.4, 0.5) is 0 Å². The maximum absolute atomic E-state index is 10.7. The molecule has 4 nitrogen and oxygen atoms in total. The quantitative estimate of drug-likeness (QED) is 0.757. The molecule has 0 aliphatic carbocycles. The lowest BCUT2D eigenvalue weighted by Gasteiger charge is -2.05. The molecule has 1 heterocycles. The third-order valence-electron chi connectivity index (χ3n) is 1.97.